The maximum absolute atomic E-state index is 10.8. The molecule has 20 heavy (non-hydrogen) atoms. The summed E-state index contributed by atoms with van der Waals surface area (Å²) in [6.45, 7) is 5.59. The van der Waals surface area contributed by atoms with Crippen molar-refractivity contribution in [2.24, 2.45) is 5.92 Å². The highest BCUT2D eigenvalue weighted by Gasteiger charge is 2.13. The Morgan fingerprint density at radius 2 is 2.05 bits per heavy atom. The zero-order valence-corrected chi connectivity index (χ0v) is 11.9. The molecule has 0 bridgehead atoms. The lowest BCUT2D eigenvalue weighted by molar-refractivity contribution is -0.136. The van der Waals surface area contributed by atoms with Crippen LogP contribution in [0.4, 0.5) is 5.69 Å². The minimum Gasteiger partial charge on any atom is -0.481 e. The van der Waals surface area contributed by atoms with E-state index in [2.05, 4.69) is 23.7 Å². The van der Waals surface area contributed by atoms with Gasteiger partial charge in [0.15, 0.2) is 0 Å². The van der Waals surface area contributed by atoms with Crippen molar-refractivity contribution in [2.75, 3.05) is 18.0 Å². The second-order valence-corrected chi connectivity index (χ2v) is 5.34. The first-order chi connectivity index (χ1) is 9.58. The Bertz CT molecular complexity index is 591. The van der Waals surface area contributed by atoms with Gasteiger partial charge < -0.3 is 10.0 Å². The molecule has 0 atom stereocenters. The van der Waals surface area contributed by atoms with Crippen molar-refractivity contribution < 1.29 is 9.90 Å². The molecule has 106 valence electrons. The molecule has 2 aromatic rings. The van der Waals surface area contributed by atoms with Gasteiger partial charge in [0.2, 0.25) is 0 Å². The predicted octanol–water partition coefficient (Wildman–Crippen LogP) is 3.17. The molecule has 1 heterocycles. The highest BCUT2D eigenvalue weighted by atomic mass is 16.4. The summed E-state index contributed by atoms with van der Waals surface area (Å²) in [5.74, 6) is -0.310. The van der Waals surface area contributed by atoms with Crippen molar-refractivity contribution in [1.29, 1.82) is 0 Å². The first-order valence-electron chi connectivity index (χ1n) is 6.88. The number of carbonyl (C=O) groups is 1. The van der Waals surface area contributed by atoms with Crippen LogP contribution in [0.3, 0.4) is 0 Å². The highest BCUT2D eigenvalue weighted by Crippen LogP contribution is 2.25. The zero-order chi connectivity index (χ0) is 14.5. The summed E-state index contributed by atoms with van der Waals surface area (Å²) in [6.07, 6.45) is 1.91. The summed E-state index contributed by atoms with van der Waals surface area (Å²) < 4.78 is 0. The number of hydrogen-bond donors (Lipinski definition) is 1. The molecule has 0 saturated carbocycles. The van der Waals surface area contributed by atoms with E-state index in [0.717, 1.165) is 23.1 Å². The quantitative estimate of drug-likeness (QED) is 0.877. The lowest BCUT2D eigenvalue weighted by atomic mass is 10.1. The topological polar surface area (TPSA) is 53.4 Å². The van der Waals surface area contributed by atoms with Crippen LogP contribution in [0.15, 0.2) is 36.5 Å². The number of rotatable bonds is 6. The van der Waals surface area contributed by atoms with E-state index in [1.165, 1.54) is 0 Å². The van der Waals surface area contributed by atoms with Crippen LogP contribution in [0.1, 0.15) is 20.3 Å². The van der Waals surface area contributed by atoms with Crippen LogP contribution in [0.5, 0.6) is 0 Å². The van der Waals surface area contributed by atoms with Gasteiger partial charge in [-0.05, 0) is 18.1 Å². The second-order valence-electron chi connectivity index (χ2n) is 5.34. The average molecular weight is 272 g/mol. The van der Waals surface area contributed by atoms with E-state index in [1.807, 2.05) is 30.3 Å². The van der Waals surface area contributed by atoms with E-state index in [9.17, 15) is 4.79 Å². The van der Waals surface area contributed by atoms with Crippen LogP contribution >= 0.6 is 0 Å². The van der Waals surface area contributed by atoms with E-state index in [4.69, 9.17) is 5.11 Å². The Balaban J connectivity index is 2.36. The molecule has 0 spiro atoms. The van der Waals surface area contributed by atoms with Gasteiger partial charge in [0.25, 0.3) is 0 Å². The molecule has 4 heteroatoms. The van der Waals surface area contributed by atoms with E-state index in [-0.39, 0.29) is 6.42 Å². The highest BCUT2D eigenvalue weighted by molar-refractivity contribution is 5.90. The largest absolute Gasteiger partial charge is 0.481 e. The summed E-state index contributed by atoms with van der Waals surface area (Å²) in [4.78, 5) is 17.4. The molecular weight excluding hydrogens is 252 g/mol. The van der Waals surface area contributed by atoms with E-state index in [1.54, 1.807) is 6.20 Å². The standard InChI is InChI=1S/C16H20N2O2/c1-12(2)11-18(10-8-15(19)20)14-7-3-5-13-6-4-9-17-16(13)14/h3-7,9,12H,8,10-11H2,1-2H3,(H,19,20). The van der Waals surface area contributed by atoms with Crippen molar-refractivity contribution in [3.63, 3.8) is 0 Å². The molecule has 0 fully saturated rings. The van der Waals surface area contributed by atoms with Gasteiger partial charge in [-0.15, -0.1) is 0 Å². The van der Waals surface area contributed by atoms with Gasteiger partial charge in [-0.2, -0.15) is 0 Å². The molecule has 0 amide bonds. The Labute approximate surface area is 119 Å². The SMILES string of the molecule is CC(C)CN(CCC(=O)O)c1cccc2cccnc12. The number of aromatic nitrogens is 1. The van der Waals surface area contributed by atoms with Crippen molar-refractivity contribution in [1.82, 2.24) is 4.98 Å². The zero-order valence-electron chi connectivity index (χ0n) is 11.9. The van der Waals surface area contributed by atoms with Crippen LogP contribution in [0.2, 0.25) is 0 Å². The van der Waals surface area contributed by atoms with Crippen molar-refractivity contribution >= 4 is 22.6 Å². The molecule has 2 rings (SSSR count). The Morgan fingerprint density at radius 3 is 2.75 bits per heavy atom. The number of pyridine rings is 1. The molecule has 4 nitrogen and oxygen atoms in total. The number of carboxylic acids is 1. The minimum absolute atomic E-state index is 0.135. The number of carboxylic acid groups (broad SMARTS) is 1. The fourth-order valence-electron chi connectivity index (χ4n) is 2.32. The molecule has 1 aromatic heterocycles. The van der Waals surface area contributed by atoms with Crippen molar-refractivity contribution in [2.45, 2.75) is 20.3 Å². The summed E-state index contributed by atoms with van der Waals surface area (Å²) >= 11 is 0. The maximum Gasteiger partial charge on any atom is 0.305 e. The van der Waals surface area contributed by atoms with Crippen LogP contribution in [-0.2, 0) is 4.79 Å². The lowest BCUT2D eigenvalue weighted by Crippen LogP contribution is -2.30. The Hall–Kier alpha value is -2.10. The lowest BCUT2D eigenvalue weighted by Gasteiger charge is -2.27. The molecular formula is C16H20N2O2. The Morgan fingerprint density at radius 1 is 1.30 bits per heavy atom. The van der Waals surface area contributed by atoms with Crippen LogP contribution < -0.4 is 4.90 Å². The van der Waals surface area contributed by atoms with Crippen LogP contribution in [-0.4, -0.2) is 29.1 Å². The summed E-state index contributed by atoms with van der Waals surface area (Å²) in [5.41, 5.74) is 1.94. The number of para-hydroxylation sites is 1. The molecule has 0 aliphatic carbocycles. The van der Waals surface area contributed by atoms with E-state index < -0.39 is 5.97 Å². The smallest absolute Gasteiger partial charge is 0.305 e. The number of hydrogen-bond acceptors (Lipinski definition) is 3. The fraction of sp³-hybridized carbons (Fsp3) is 0.375. The Kier molecular flexibility index (Phi) is 4.56. The number of nitrogens with zero attached hydrogens (tertiary/aromatic N) is 2. The molecule has 1 aromatic carbocycles. The van der Waals surface area contributed by atoms with Gasteiger partial charge in [0.05, 0.1) is 17.6 Å². The molecule has 0 aliphatic heterocycles. The molecule has 1 N–H and O–H groups in total. The third-order valence-electron chi connectivity index (χ3n) is 3.13. The summed E-state index contributed by atoms with van der Waals surface area (Å²) in [6, 6.07) is 9.97. The molecule has 0 unspecified atom stereocenters. The third kappa shape index (κ3) is 3.47. The van der Waals surface area contributed by atoms with Gasteiger partial charge in [-0.25, -0.2) is 0 Å². The van der Waals surface area contributed by atoms with Crippen LogP contribution in [0, 0.1) is 5.92 Å². The number of benzene rings is 1. The van der Waals surface area contributed by atoms with Gasteiger partial charge >= 0.3 is 5.97 Å². The maximum atomic E-state index is 10.8. The monoisotopic (exact) mass is 272 g/mol. The van der Waals surface area contributed by atoms with Gasteiger partial charge in [0, 0.05) is 24.7 Å². The number of anilines is 1. The number of fused-ring (bicyclic) bond motifs is 1. The molecule has 0 radical (unpaired) electrons. The normalized spacial score (nSPS) is 10.9. The summed E-state index contributed by atoms with van der Waals surface area (Å²) in [7, 11) is 0. The van der Waals surface area contributed by atoms with Crippen LogP contribution in [0.25, 0.3) is 10.9 Å². The third-order valence-corrected chi connectivity index (χ3v) is 3.13. The van der Waals surface area contributed by atoms with Gasteiger partial charge in [-0.1, -0.05) is 32.0 Å². The second kappa shape index (κ2) is 6.37. The first-order valence-corrected chi connectivity index (χ1v) is 6.88. The fourth-order valence-corrected chi connectivity index (χ4v) is 2.32. The number of aliphatic carboxylic acids is 1. The average Bonchev–Trinajstić information content (AvgIpc) is 2.42. The van der Waals surface area contributed by atoms with Gasteiger partial charge in [-0.3, -0.25) is 9.78 Å². The van der Waals surface area contributed by atoms with E-state index >= 15 is 0 Å². The first kappa shape index (κ1) is 14.3. The van der Waals surface area contributed by atoms with E-state index in [0.29, 0.717) is 12.5 Å². The molecule has 0 aliphatic rings. The van der Waals surface area contributed by atoms with Gasteiger partial charge in [0.1, 0.15) is 0 Å². The summed E-state index contributed by atoms with van der Waals surface area (Å²) in [5, 5.41) is 9.99. The van der Waals surface area contributed by atoms with Crippen molar-refractivity contribution in [3.05, 3.63) is 36.5 Å². The predicted molar refractivity (Wildman–Crippen MR) is 81.0 cm³/mol. The van der Waals surface area contributed by atoms with Crippen molar-refractivity contribution in [3.8, 4) is 0 Å². The minimum atomic E-state index is -0.771. The molecule has 0 saturated heterocycles.